The predicted molar refractivity (Wildman–Crippen MR) is 99.5 cm³/mol. The maximum absolute atomic E-state index is 13.4. The molecular formula is C20H25N5O. The minimum Gasteiger partial charge on any atom is -0.340 e. The van der Waals surface area contributed by atoms with Crippen molar-refractivity contribution in [3.05, 3.63) is 48.5 Å². The van der Waals surface area contributed by atoms with E-state index in [9.17, 15) is 4.79 Å². The number of carbonyl (C=O) groups is 1. The van der Waals surface area contributed by atoms with Gasteiger partial charge in [-0.25, -0.2) is 9.97 Å². The number of rotatable bonds is 3. The number of nitrogens with zero attached hydrogens (tertiary/aromatic N) is 5. The Morgan fingerprint density at radius 3 is 2.69 bits per heavy atom. The van der Waals surface area contributed by atoms with Gasteiger partial charge in [-0.05, 0) is 49.8 Å². The van der Waals surface area contributed by atoms with Crippen LogP contribution in [0.15, 0.2) is 43.0 Å². The number of likely N-dealkylation sites (tertiary alicyclic amines) is 1. The Morgan fingerprint density at radius 1 is 1.00 bits per heavy atom. The van der Waals surface area contributed by atoms with Crippen LogP contribution in [0.25, 0.3) is 0 Å². The van der Waals surface area contributed by atoms with Crippen molar-refractivity contribution in [3.63, 3.8) is 0 Å². The summed E-state index contributed by atoms with van der Waals surface area (Å²) in [7, 11) is 0. The first-order valence-electron chi connectivity index (χ1n) is 9.55. The number of pyridine rings is 1. The smallest absolute Gasteiger partial charge is 0.227 e. The fourth-order valence-electron chi connectivity index (χ4n) is 4.16. The van der Waals surface area contributed by atoms with Gasteiger partial charge >= 0.3 is 0 Å². The van der Waals surface area contributed by atoms with Gasteiger partial charge in [0.1, 0.15) is 0 Å². The van der Waals surface area contributed by atoms with Gasteiger partial charge in [-0.3, -0.25) is 9.78 Å². The van der Waals surface area contributed by atoms with E-state index in [1.165, 1.54) is 0 Å². The Labute approximate surface area is 154 Å². The van der Waals surface area contributed by atoms with Crippen LogP contribution in [0.2, 0.25) is 0 Å². The summed E-state index contributed by atoms with van der Waals surface area (Å²) in [5.74, 6) is 1.02. The molecule has 2 aromatic rings. The molecule has 2 aliphatic rings. The predicted octanol–water partition coefficient (Wildman–Crippen LogP) is 2.84. The zero-order chi connectivity index (χ0) is 17.8. The van der Waals surface area contributed by atoms with Crippen LogP contribution in [0.4, 0.5) is 5.95 Å². The van der Waals surface area contributed by atoms with E-state index in [0.717, 1.165) is 56.7 Å². The second-order valence-electron chi connectivity index (χ2n) is 7.16. The average molecular weight is 351 g/mol. The normalized spacial score (nSPS) is 23.7. The first kappa shape index (κ1) is 16.9. The van der Waals surface area contributed by atoms with Crippen molar-refractivity contribution in [2.75, 3.05) is 24.5 Å². The van der Waals surface area contributed by atoms with Crippen LogP contribution in [-0.2, 0) is 4.79 Å². The monoisotopic (exact) mass is 351 g/mol. The zero-order valence-electron chi connectivity index (χ0n) is 15.0. The summed E-state index contributed by atoms with van der Waals surface area (Å²) in [6.45, 7) is 2.47. The Morgan fingerprint density at radius 2 is 1.88 bits per heavy atom. The summed E-state index contributed by atoms with van der Waals surface area (Å²) >= 11 is 0. The Hall–Kier alpha value is -2.50. The molecule has 0 aromatic carbocycles. The fourth-order valence-corrected chi connectivity index (χ4v) is 4.16. The molecule has 6 nitrogen and oxygen atoms in total. The van der Waals surface area contributed by atoms with Crippen LogP contribution in [0, 0.1) is 5.92 Å². The van der Waals surface area contributed by atoms with E-state index in [-0.39, 0.29) is 17.9 Å². The molecule has 26 heavy (non-hydrogen) atoms. The lowest BCUT2D eigenvalue weighted by molar-refractivity contribution is -0.139. The summed E-state index contributed by atoms with van der Waals surface area (Å²) in [5.41, 5.74) is 1.15. The third-order valence-corrected chi connectivity index (χ3v) is 5.46. The van der Waals surface area contributed by atoms with Crippen molar-refractivity contribution in [3.8, 4) is 0 Å². The van der Waals surface area contributed by atoms with Crippen LogP contribution < -0.4 is 4.90 Å². The number of piperidine rings is 2. The van der Waals surface area contributed by atoms with Crippen molar-refractivity contribution >= 4 is 11.9 Å². The third kappa shape index (κ3) is 3.54. The van der Waals surface area contributed by atoms with Gasteiger partial charge in [-0.1, -0.05) is 6.07 Å². The van der Waals surface area contributed by atoms with Crippen molar-refractivity contribution < 1.29 is 4.79 Å². The highest BCUT2D eigenvalue weighted by molar-refractivity contribution is 5.80. The van der Waals surface area contributed by atoms with Gasteiger partial charge in [0, 0.05) is 44.4 Å². The van der Waals surface area contributed by atoms with E-state index in [1.54, 1.807) is 18.6 Å². The maximum Gasteiger partial charge on any atom is 0.227 e. The van der Waals surface area contributed by atoms with E-state index in [0.29, 0.717) is 6.54 Å². The molecule has 2 unspecified atom stereocenters. The molecule has 6 heteroatoms. The van der Waals surface area contributed by atoms with E-state index in [2.05, 4.69) is 30.8 Å². The molecule has 0 radical (unpaired) electrons. The molecule has 1 amide bonds. The van der Waals surface area contributed by atoms with Crippen molar-refractivity contribution in [1.29, 1.82) is 0 Å². The maximum atomic E-state index is 13.4. The number of hydrogen-bond donors (Lipinski definition) is 0. The second kappa shape index (κ2) is 7.81. The topological polar surface area (TPSA) is 62.2 Å². The molecule has 2 saturated heterocycles. The summed E-state index contributed by atoms with van der Waals surface area (Å²) in [6, 6.07) is 6.03. The minimum atomic E-state index is 0.0184. The molecule has 0 saturated carbocycles. The van der Waals surface area contributed by atoms with Gasteiger partial charge in [-0.15, -0.1) is 0 Å². The third-order valence-electron chi connectivity index (χ3n) is 5.46. The van der Waals surface area contributed by atoms with Crippen LogP contribution >= 0.6 is 0 Å². The molecule has 4 rings (SSSR count). The Balaban J connectivity index is 1.50. The molecule has 0 bridgehead atoms. The molecule has 4 heterocycles. The Bertz CT molecular complexity index is 723. The number of aromatic nitrogens is 3. The zero-order valence-corrected chi connectivity index (χ0v) is 15.0. The molecule has 0 spiro atoms. The summed E-state index contributed by atoms with van der Waals surface area (Å²) in [6.07, 6.45) is 12.4. The van der Waals surface area contributed by atoms with Gasteiger partial charge in [-0.2, -0.15) is 0 Å². The highest BCUT2D eigenvalue weighted by Crippen LogP contribution is 2.33. The molecular weight excluding hydrogens is 326 g/mol. The SMILES string of the molecule is O=C(C1CCCN(c2ncccn2)C1)N1CCCCC1c1cccnc1. The first-order valence-corrected chi connectivity index (χ1v) is 9.55. The van der Waals surface area contributed by atoms with Crippen molar-refractivity contribution in [2.45, 2.75) is 38.1 Å². The van der Waals surface area contributed by atoms with Crippen LogP contribution in [0.3, 0.4) is 0 Å². The molecule has 0 N–H and O–H groups in total. The summed E-state index contributed by atoms with van der Waals surface area (Å²) < 4.78 is 0. The second-order valence-corrected chi connectivity index (χ2v) is 7.16. The molecule has 0 aliphatic carbocycles. The standard InChI is InChI=1S/C20H25N5O/c26-19(17-7-4-12-24(15-17)20-22-10-5-11-23-20)25-13-2-1-8-18(25)16-6-3-9-21-14-16/h3,5-6,9-11,14,17-18H,1-2,4,7-8,12-13,15H2. The van der Waals surface area contributed by atoms with E-state index in [4.69, 9.17) is 0 Å². The minimum absolute atomic E-state index is 0.0184. The Kier molecular flexibility index (Phi) is 5.09. The largest absolute Gasteiger partial charge is 0.340 e. The molecule has 136 valence electrons. The summed E-state index contributed by atoms with van der Waals surface area (Å²) in [5, 5.41) is 0. The lowest BCUT2D eigenvalue weighted by atomic mass is 9.91. The van der Waals surface area contributed by atoms with Crippen LogP contribution in [0.1, 0.15) is 43.7 Å². The van der Waals surface area contributed by atoms with Crippen molar-refractivity contribution in [2.24, 2.45) is 5.92 Å². The number of hydrogen-bond acceptors (Lipinski definition) is 5. The first-order chi connectivity index (χ1) is 12.8. The van der Waals surface area contributed by atoms with E-state index < -0.39 is 0 Å². The molecule has 2 fully saturated rings. The lowest BCUT2D eigenvalue weighted by Gasteiger charge is -2.40. The number of carbonyl (C=O) groups excluding carboxylic acids is 1. The lowest BCUT2D eigenvalue weighted by Crippen LogP contribution is -2.47. The van der Waals surface area contributed by atoms with Gasteiger partial charge in [0.25, 0.3) is 0 Å². The average Bonchev–Trinajstić information content (AvgIpc) is 2.74. The van der Waals surface area contributed by atoms with Gasteiger partial charge in [0.2, 0.25) is 11.9 Å². The number of anilines is 1. The van der Waals surface area contributed by atoms with Gasteiger partial charge in [0.05, 0.1) is 12.0 Å². The molecule has 2 aliphatic heterocycles. The van der Waals surface area contributed by atoms with Crippen LogP contribution in [0.5, 0.6) is 0 Å². The molecule has 2 atom stereocenters. The van der Waals surface area contributed by atoms with E-state index >= 15 is 0 Å². The van der Waals surface area contributed by atoms with Crippen LogP contribution in [-0.4, -0.2) is 45.4 Å². The highest BCUT2D eigenvalue weighted by Gasteiger charge is 2.35. The fraction of sp³-hybridized carbons (Fsp3) is 0.500. The van der Waals surface area contributed by atoms with Crippen molar-refractivity contribution in [1.82, 2.24) is 19.9 Å². The highest BCUT2D eigenvalue weighted by atomic mass is 16.2. The summed E-state index contributed by atoms with van der Waals surface area (Å²) in [4.78, 5) is 30.6. The molecule has 2 aromatic heterocycles. The quantitative estimate of drug-likeness (QED) is 0.851. The number of amides is 1. The van der Waals surface area contributed by atoms with Gasteiger partial charge < -0.3 is 9.80 Å². The van der Waals surface area contributed by atoms with Gasteiger partial charge in [0.15, 0.2) is 0 Å². The van der Waals surface area contributed by atoms with E-state index in [1.807, 2.05) is 18.3 Å².